The van der Waals surface area contributed by atoms with Crippen molar-refractivity contribution in [3.8, 4) is 17.6 Å². The second-order valence-corrected chi connectivity index (χ2v) is 5.51. The summed E-state index contributed by atoms with van der Waals surface area (Å²) in [5.41, 5.74) is -0.204. The normalized spacial score (nSPS) is 11.9. The molecular formula is C16H10BrF3N2O2. The highest BCUT2D eigenvalue weighted by molar-refractivity contribution is 9.10. The Morgan fingerprint density at radius 2 is 2.08 bits per heavy atom. The van der Waals surface area contributed by atoms with Crippen molar-refractivity contribution >= 4 is 27.6 Å². The molecule has 0 radical (unpaired) electrons. The highest BCUT2D eigenvalue weighted by atomic mass is 79.9. The summed E-state index contributed by atoms with van der Waals surface area (Å²) < 4.78 is 43.0. The minimum atomic E-state index is -4.49. The van der Waals surface area contributed by atoms with Gasteiger partial charge < -0.3 is 9.84 Å². The smallest absolute Gasteiger partial charge is 0.417 e. The molecular weight excluding hydrogens is 389 g/mol. The number of benzene rings is 1. The molecule has 2 aromatic rings. The van der Waals surface area contributed by atoms with Gasteiger partial charge in [0.05, 0.1) is 28.4 Å². The van der Waals surface area contributed by atoms with E-state index >= 15 is 0 Å². The van der Waals surface area contributed by atoms with Crippen LogP contribution < -0.4 is 4.74 Å². The number of ether oxygens (including phenoxy) is 1. The minimum Gasteiger partial charge on any atom is -0.503 e. The molecule has 0 aliphatic rings. The van der Waals surface area contributed by atoms with E-state index in [9.17, 15) is 23.5 Å². The Labute approximate surface area is 144 Å². The SMILES string of the molecule is COc1cc(/C=C(\C#N)c2ccc(C(F)(F)F)cn2)cc(Br)c1O. The summed E-state index contributed by atoms with van der Waals surface area (Å²) in [6.45, 7) is 0. The van der Waals surface area contributed by atoms with Crippen LogP contribution in [0.1, 0.15) is 16.8 Å². The number of methoxy groups -OCH3 is 1. The summed E-state index contributed by atoms with van der Waals surface area (Å²) in [6.07, 6.45) is -2.38. The van der Waals surface area contributed by atoms with E-state index in [4.69, 9.17) is 4.74 Å². The summed E-state index contributed by atoms with van der Waals surface area (Å²) in [5.74, 6) is 0.0918. The number of rotatable bonds is 3. The van der Waals surface area contributed by atoms with Crippen molar-refractivity contribution in [2.45, 2.75) is 6.18 Å². The molecule has 2 rings (SSSR count). The summed E-state index contributed by atoms with van der Waals surface area (Å²) in [4.78, 5) is 3.69. The van der Waals surface area contributed by atoms with Gasteiger partial charge in [-0.15, -0.1) is 0 Å². The van der Waals surface area contributed by atoms with E-state index in [0.29, 0.717) is 16.2 Å². The number of nitrogens with zero attached hydrogens (tertiary/aromatic N) is 2. The Morgan fingerprint density at radius 1 is 1.38 bits per heavy atom. The quantitative estimate of drug-likeness (QED) is 0.764. The third kappa shape index (κ3) is 3.86. The van der Waals surface area contributed by atoms with Crippen LogP contribution in [-0.4, -0.2) is 17.2 Å². The number of aromatic nitrogens is 1. The van der Waals surface area contributed by atoms with Gasteiger partial charge in [-0.1, -0.05) is 0 Å². The minimum absolute atomic E-state index is 0.0726. The fourth-order valence-corrected chi connectivity index (χ4v) is 2.34. The Hall–Kier alpha value is -2.53. The number of alkyl halides is 3. The summed E-state index contributed by atoms with van der Waals surface area (Å²) in [7, 11) is 1.37. The molecule has 0 saturated carbocycles. The topological polar surface area (TPSA) is 66.1 Å². The highest BCUT2D eigenvalue weighted by Gasteiger charge is 2.30. The van der Waals surface area contributed by atoms with Crippen molar-refractivity contribution in [3.63, 3.8) is 0 Å². The van der Waals surface area contributed by atoms with Gasteiger partial charge in [0.25, 0.3) is 0 Å². The fourth-order valence-electron chi connectivity index (χ4n) is 1.88. The highest BCUT2D eigenvalue weighted by Crippen LogP contribution is 2.36. The number of pyridine rings is 1. The number of nitriles is 1. The number of halogens is 4. The first-order chi connectivity index (χ1) is 11.3. The van der Waals surface area contributed by atoms with Gasteiger partial charge in [-0.2, -0.15) is 18.4 Å². The Kier molecular flexibility index (Phi) is 5.14. The van der Waals surface area contributed by atoms with Gasteiger partial charge in [0, 0.05) is 6.20 Å². The van der Waals surface area contributed by atoms with Crippen LogP contribution in [-0.2, 0) is 6.18 Å². The number of aromatic hydroxyl groups is 1. The molecule has 1 N–H and O–H groups in total. The van der Waals surface area contributed by atoms with Crippen LogP contribution in [0.5, 0.6) is 11.5 Å². The summed E-state index contributed by atoms with van der Waals surface area (Å²) >= 11 is 3.15. The third-order valence-electron chi connectivity index (χ3n) is 3.07. The van der Waals surface area contributed by atoms with Crippen molar-refractivity contribution in [2.24, 2.45) is 0 Å². The first-order valence-corrected chi connectivity index (χ1v) is 7.27. The largest absolute Gasteiger partial charge is 0.503 e. The molecule has 0 aliphatic heterocycles. The van der Waals surface area contributed by atoms with Crippen LogP contribution in [0.4, 0.5) is 13.2 Å². The second kappa shape index (κ2) is 6.93. The predicted octanol–water partition coefficient (Wildman–Crippen LogP) is 4.64. The van der Waals surface area contributed by atoms with Gasteiger partial charge in [-0.3, -0.25) is 4.98 Å². The van der Waals surface area contributed by atoms with Crippen LogP contribution in [0.2, 0.25) is 0 Å². The van der Waals surface area contributed by atoms with Gasteiger partial charge in [-0.25, -0.2) is 0 Å². The average Bonchev–Trinajstić information content (AvgIpc) is 2.55. The number of phenols is 1. The average molecular weight is 399 g/mol. The van der Waals surface area contributed by atoms with Gasteiger partial charge in [0.2, 0.25) is 0 Å². The lowest BCUT2D eigenvalue weighted by molar-refractivity contribution is -0.137. The zero-order valence-electron chi connectivity index (χ0n) is 12.2. The van der Waals surface area contributed by atoms with Gasteiger partial charge >= 0.3 is 6.18 Å². The van der Waals surface area contributed by atoms with Gasteiger partial charge in [0.15, 0.2) is 11.5 Å². The lowest BCUT2D eigenvalue weighted by atomic mass is 10.1. The molecule has 124 valence electrons. The van der Waals surface area contributed by atoms with Crippen molar-refractivity contribution in [1.82, 2.24) is 4.98 Å². The maximum Gasteiger partial charge on any atom is 0.417 e. The molecule has 0 fully saturated rings. The molecule has 8 heteroatoms. The van der Waals surface area contributed by atoms with E-state index < -0.39 is 11.7 Å². The van der Waals surface area contributed by atoms with Crippen LogP contribution in [0, 0.1) is 11.3 Å². The van der Waals surface area contributed by atoms with E-state index in [-0.39, 0.29) is 22.8 Å². The zero-order chi connectivity index (χ0) is 17.9. The molecule has 0 atom stereocenters. The molecule has 24 heavy (non-hydrogen) atoms. The summed E-state index contributed by atoms with van der Waals surface area (Å²) in [5, 5.41) is 19.0. The maximum atomic E-state index is 12.6. The van der Waals surface area contributed by atoms with Gasteiger partial charge in [-0.05, 0) is 51.8 Å². The molecule has 0 saturated heterocycles. The van der Waals surface area contributed by atoms with E-state index in [1.165, 1.54) is 19.3 Å². The van der Waals surface area contributed by atoms with Crippen molar-refractivity contribution < 1.29 is 23.0 Å². The fraction of sp³-hybridized carbons (Fsp3) is 0.125. The van der Waals surface area contributed by atoms with Crippen LogP contribution in [0.3, 0.4) is 0 Å². The first-order valence-electron chi connectivity index (χ1n) is 6.48. The number of allylic oxidation sites excluding steroid dienone is 1. The zero-order valence-corrected chi connectivity index (χ0v) is 13.8. The van der Waals surface area contributed by atoms with E-state index in [2.05, 4.69) is 20.9 Å². The van der Waals surface area contributed by atoms with Crippen LogP contribution in [0.15, 0.2) is 34.9 Å². The standard InChI is InChI=1S/C16H10BrF3N2O2/c1-24-14-6-9(5-12(17)15(14)23)4-10(7-21)13-3-2-11(8-22-13)16(18,19)20/h2-6,8,23H,1H3/b10-4+. The number of phenolic OH excluding ortho intramolecular Hbond substituents is 1. The van der Waals surface area contributed by atoms with Crippen molar-refractivity contribution in [1.29, 1.82) is 5.26 Å². The first kappa shape index (κ1) is 17.8. The predicted molar refractivity (Wildman–Crippen MR) is 85.1 cm³/mol. The molecule has 0 amide bonds. The number of hydrogen-bond acceptors (Lipinski definition) is 4. The molecule has 4 nitrogen and oxygen atoms in total. The molecule has 0 spiro atoms. The van der Waals surface area contributed by atoms with E-state index in [1.54, 1.807) is 6.07 Å². The van der Waals surface area contributed by atoms with Gasteiger partial charge in [0.1, 0.15) is 6.07 Å². The maximum absolute atomic E-state index is 12.6. The van der Waals surface area contributed by atoms with E-state index in [0.717, 1.165) is 12.1 Å². The summed E-state index contributed by atoms with van der Waals surface area (Å²) in [6, 6.07) is 6.92. The number of hydrogen-bond donors (Lipinski definition) is 1. The van der Waals surface area contributed by atoms with Crippen molar-refractivity contribution in [2.75, 3.05) is 7.11 Å². The molecule has 0 bridgehead atoms. The second-order valence-electron chi connectivity index (χ2n) is 4.65. The Balaban J connectivity index is 2.44. The Morgan fingerprint density at radius 3 is 2.58 bits per heavy atom. The molecule has 1 aromatic heterocycles. The third-order valence-corrected chi connectivity index (χ3v) is 3.67. The molecule has 0 aliphatic carbocycles. The van der Waals surface area contributed by atoms with E-state index in [1.807, 2.05) is 6.07 Å². The lowest BCUT2D eigenvalue weighted by Crippen LogP contribution is -2.05. The van der Waals surface area contributed by atoms with Crippen LogP contribution in [0.25, 0.3) is 11.6 Å². The van der Waals surface area contributed by atoms with Crippen LogP contribution >= 0.6 is 15.9 Å². The molecule has 1 heterocycles. The lowest BCUT2D eigenvalue weighted by Gasteiger charge is -2.08. The molecule has 1 aromatic carbocycles. The molecule has 0 unspecified atom stereocenters. The Bertz CT molecular complexity index is 825. The van der Waals surface area contributed by atoms with Crippen molar-refractivity contribution in [3.05, 3.63) is 51.8 Å². The monoisotopic (exact) mass is 398 g/mol.